The van der Waals surface area contributed by atoms with Crippen molar-refractivity contribution in [2.24, 2.45) is 5.92 Å². The Morgan fingerprint density at radius 1 is 1.30 bits per heavy atom. The van der Waals surface area contributed by atoms with Gasteiger partial charge in [0.2, 0.25) is 6.79 Å². The lowest BCUT2D eigenvalue weighted by atomic mass is 10.1. The predicted molar refractivity (Wildman–Crippen MR) is 72.6 cm³/mol. The van der Waals surface area contributed by atoms with Crippen LogP contribution in [0.1, 0.15) is 24.8 Å². The Kier molecular flexibility index (Phi) is 2.72. The fourth-order valence-electron chi connectivity index (χ4n) is 3.50. The first kappa shape index (κ1) is 11.9. The van der Waals surface area contributed by atoms with Gasteiger partial charge < -0.3 is 19.7 Å². The molecule has 0 radical (unpaired) electrons. The smallest absolute Gasteiger partial charge is 0.317 e. The van der Waals surface area contributed by atoms with Crippen molar-refractivity contribution in [2.75, 3.05) is 13.3 Å². The van der Waals surface area contributed by atoms with Gasteiger partial charge in [0, 0.05) is 19.1 Å². The highest BCUT2D eigenvalue weighted by Crippen LogP contribution is 2.37. The third kappa shape index (κ3) is 1.97. The van der Waals surface area contributed by atoms with Crippen LogP contribution in [0.3, 0.4) is 0 Å². The molecule has 20 heavy (non-hydrogen) atoms. The van der Waals surface area contributed by atoms with E-state index in [0.717, 1.165) is 29.5 Å². The minimum Gasteiger partial charge on any atom is -0.454 e. The van der Waals surface area contributed by atoms with Crippen LogP contribution < -0.4 is 14.8 Å². The summed E-state index contributed by atoms with van der Waals surface area (Å²) in [6.07, 6.45) is 3.65. The first-order chi connectivity index (χ1) is 9.79. The number of urea groups is 1. The van der Waals surface area contributed by atoms with E-state index < -0.39 is 0 Å². The van der Waals surface area contributed by atoms with Crippen LogP contribution in [0.2, 0.25) is 0 Å². The van der Waals surface area contributed by atoms with E-state index in [1.807, 2.05) is 23.1 Å². The lowest BCUT2D eigenvalue weighted by Crippen LogP contribution is -2.43. The van der Waals surface area contributed by atoms with Crippen molar-refractivity contribution < 1.29 is 14.3 Å². The third-order valence-electron chi connectivity index (χ3n) is 4.55. The van der Waals surface area contributed by atoms with Crippen LogP contribution in [0.25, 0.3) is 0 Å². The predicted octanol–water partition coefficient (Wildman–Crippen LogP) is 2.11. The minimum atomic E-state index is 0.0647. The van der Waals surface area contributed by atoms with Gasteiger partial charge in [0.1, 0.15) is 0 Å². The van der Waals surface area contributed by atoms with Crippen LogP contribution in [0, 0.1) is 5.92 Å². The lowest BCUT2D eigenvalue weighted by Gasteiger charge is -2.27. The third-order valence-corrected chi connectivity index (χ3v) is 4.55. The molecule has 3 aliphatic rings. The molecule has 2 amide bonds. The van der Waals surface area contributed by atoms with Gasteiger partial charge in [-0.05, 0) is 42.9 Å². The van der Waals surface area contributed by atoms with Gasteiger partial charge in [0.15, 0.2) is 11.5 Å². The number of fused-ring (bicyclic) bond motifs is 3. The molecule has 1 saturated carbocycles. The second-order valence-corrected chi connectivity index (χ2v) is 5.83. The van der Waals surface area contributed by atoms with Crippen molar-refractivity contribution in [1.82, 2.24) is 10.2 Å². The van der Waals surface area contributed by atoms with Crippen LogP contribution >= 0.6 is 0 Å². The van der Waals surface area contributed by atoms with E-state index in [1.54, 1.807) is 0 Å². The van der Waals surface area contributed by atoms with E-state index in [0.29, 0.717) is 12.6 Å². The van der Waals surface area contributed by atoms with E-state index >= 15 is 0 Å². The van der Waals surface area contributed by atoms with Gasteiger partial charge in [-0.25, -0.2) is 4.79 Å². The maximum atomic E-state index is 12.2. The molecule has 1 N–H and O–H groups in total. The zero-order valence-electron chi connectivity index (χ0n) is 11.3. The summed E-state index contributed by atoms with van der Waals surface area (Å²) in [5.74, 6) is 2.27. The Morgan fingerprint density at radius 3 is 3.00 bits per heavy atom. The highest BCUT2D eigenvalue weighted by Gasteiger charge is 2.40. The number of hydrogen-bond donors (Lipinski definition) is 1. The fraction of sp³-hybridized carbons (Fsp3) is 0.533. The van der Waals surface area contributed by atoms with Gasteiger partial charge in [-0.2, -0.15) is 0 Å². The maximum absolute atomic E-state index is 12.2. The van der Waals surface area contributed by atoms with Gasteiger partial charge >= 0.3 is 6.03 Å². The summed E-state index contributed by atoms with van der Waals surface area (Å²) in [5.41, 5.74) is 1.03. The number of piperidine rings is 1. The van der Waals surface area contributed by atoms with Crippen molar-refractivity contribution >= 4 is 6.03 Å². The van der Waals surface area contributed by atoms with E-state index in [1.165, 1.54) is 19.3 Å². The number of hydrogen-bond acceptors (Lipinski definition) is 3. The molecule has 0 spiro atoms. The number of amides is 2. The quantitative estimate of drug-likeness (QED) is 0.898. The second kappa shape index (κ2) is 4.58. The average Bonchev–Trinajstić information content (AvgIpc) is 3.19. The van der Waals surface area contributed by atoms with Crippen LogP contribution in [0.4, 0.5) is 4.79 Å². The number of carbonyl (C=O) groups excluding carboxylic acids is 1. The number of carbonyl (C=O) groups is 1. The normalized spacial score (nSPS) is 26.1. The van der Waals surface area contributed by atoms with Gasteiger partial charge in [-0.3, -0.25) is 0 Å². The molecule has 5 nitrogen and oxygen atoms in total. The van der Waals surface area contributed by atoms with Crippen molar-refractivity contribution in [1.29, 1.82) is 0 Å². The second-order valence-electron chi connectivity index (χ2n) is 5.83. The highest BCUT2D eigenvalue weighted by molar-refractivity contribution is 5.75. The number of ether oxygens (including phenoxy) is 2. The van der Waals surface area contributed by atoms with Gasteiger partial charge in [0.05, 0.1) is 0 Å². The Morgan fingerprint density at radius 2 is 2.20 bits per heavy atom. The molecule has 5 heteroatoms. The summed E-state index contributed by atoms with van der Waals surface area (Å²) < 4.78 is 10.6. The molecule has 2 bridgehead atoms. The number of rotatable bonds is 2. The zero-order chi connectivity index (χ0) is 13.5. The molecule has 2 fully saturated rings. The Labute approximate surface area is 117 Å². The largest absolute Gasteiger partial charge is 0.454 e. The summed E-state index contributed by atoms with van der Waals surface area (Å²) >= 11 is 0. The molecule has 1 aliphatic carbocycles. The molecule has 2 heterocycles. The lowest BCUT2D eigenvalue weighted by molar-refractivity contribution is 0.173. The van der Waals surface area contributed by atoms with E-state index in [9.17, 15) is 4.79 Å². The van der Waals surface area contributed by atoms with Crippen molar-refractivity contribution in [3.8, 4) is 11.5 Å². The molecule has 2 aliphatic heterocycles. The number of likely N-dealkylation sites (tertiary alicyclic amines) is 1. The summed E-state index contributed by atoms with van der Waals surface area (Å²) in [7, 11) is 0. The molecule has 1 aromatic rings. The average molecular weight is 274 g/mol. The molecule has 0 aromatic heterocycles. The fourth-order valence-corrected chi connectivity index (χ4v) is 3.50. The highest BCUT2D eigenvalue weighted by atomic mass is 16.7. The summed E-state index contributed by atoms with van der Waals surface area (Å²) in [4.78, 5) is 14.2. The topological polar surface area (TPSA) is 50.8 Å². The summed E-state index contributed by atoms with van der Waals surface area (Å²) in [5, 5.41) is 3.01. The standard InChI is InChI=1S/C15H18N2O3/c18-15(17-8-11-1-3-12(17)5-11)16-7-10-2-4-13-14(6-10)20-9-19-13/h2,4,6,11-12H,1,3,5,7-9H2,(H,16,18). The molecular weight excluding hydrogens is 256 g/mol. The van der Waals surface area contributed by atoms with Crippen LogP contribution in [0.5, 0.6) is 11.5 Å². The van der Waals surface area contributed by atoms with Gasteiger partial charge in [-0.15, -0.1) is 0 Å². The monoisotopic (exact) mass is 274 g/mol. The van der Waals surface area contributed by atoms with Gasteiger partial charge in [0.25, 0.3) is 0 Å². The van der Waals surface area contributed by atoms with Crippen molar-refractivity contribution in [2.45, 2.75) is 31.8 Å². The molecule has 1 aromatic carbocycles. The number of nitrogens with zero attached hydrogens (tertiary/aromatic N) is 1. The molecular formula is C15H18N2O3. The number of benzene rings is 1. The van der Waals surface area contributed by atoms with E-state index in [4.69, 9.17) is 9.47 Å². The van der Waals surface area contributed by atoms with E-state index in [2.05, 4.69) is 5.32 Å². The van der Waals surface area contributed by atoms with Crippen LogP contribution in [-0.2, 0) is 6.54 Å². The molecule has 1 saturated heterocycles. The Balaban J connectivity index is 1.37. The SMILES string of the molecule is O=C(NCc1ccc2c(c1)OCO2)N1CC2CCC1C2. The molecule has 2 atom stereocenters. The van der Waals surface area contributed by atoms with Crippen LogP contribution in [-0.4, -0.2) is 30.3 Å². The summed E-state index contributed by atoms with van der Waals surface area (Å²) in [6, 6.07) is 6.32. The van der Waals surface area contributed by atoms with Crippen molar-refractivity contribution in [3.05, 3.63) is 23.8 Å². The first-order valence-corrected chi connectivity index (χ1v) is 7.22. The van der Waals surface area contributed by atoms with Crippen molar-refractivity contribution in [3.63, 3.8) is 0 Å². The Bertz CT molecular complexity index is 546. The maximum Gasteiger partial charge on any atom is 0.317 e. The van der Waals surface area contributed by atoms with E-state index in [-0.39, 0.29) is 12.8 Å². The Hall–Kier alpha value is -1.91. The van der Waals surface area contributed by atoms with Crippen LogP contribution in [0.15, 0.2) is 18.2 Å². The first-order valence-electron chi connectivity index (χ1n) is 7.22. The zero-order valence-corrected chi connectivity index (χ0v) is 11.3. The molecule has 4 rings (SSSR count). The van der Waals surface area contributed by atoms with Gasteiger partial charge in [-0.1, -0.05) is 6.07 Å². The summed E-state index contributed by atoms with van der Waals surface area (Å²) in [6.45, 7) is 1.74. The molecule has 106 valence electrons. The number of nitrogens with one attached hydrogen (secondary N) is 1. The minimum absolute atomic E-state index is 0.0647. The molecule has 2 unspecified atom stereocenters.